The maximum atomic E-state index is 13.1. The Labute approximate surface area is 619 Å². The monoisotopic (exact) mass is 1480 g/mol. The lowest BCUT2D eigenvalue weighted by molar-refractivity contribution is -0.161. The highest BCUT2D eigenvalue weighted by Gasteiger charge is 2.30. The summed E-state index contributed by atoms with van der Waals surface area (Å²) < 4.78 is 68.8. The standard InChI is InChI=1S/C82H160O17P2/c1-9-74(7)60-52-44-36-30-24-17-14-15-18-25-31-37-46-54-62-79(84)92-68-77(98-81(86)64-56-48-38-32-26-19-13-11-12-16-22-28-34-42-50-58-72(3)4)70-96-100(88,89)94-66-76(83)67-95-101(90,91)97-71-78(69-93-80(85)63-55-47-41-40-45-53-61-75(8)10-2)99-82(87)65-57-49-39-33-27-21-20-23-29-35-43-51-59-73(5)6/h72-78,83H,9-71H2,1-8H3,(H,88,89)(H,90,91)/t74?,75?,76-,77-,78-/m1/s1. The van der Waals surface area contributed by atoms with Crippen molar-refractivity contribution in [1.29, 1.82) is 0 Å². The maximum Gasteiger partial charge on any atom is 0.472 e. The number of phosphoric acid groups is 2. The normalized spacial score (nSPS) is 14.5. The number of carbonyl (C=O) groups excluding carboxylic acids is 4. The Morgan fingerprint density at radius 1 is 0.277 bits per heavy atom. The highest BCUT2D eigenvalue weighted by atomic mass is 31.2. The first kappa shape index (κ1) is 99.1. The lowest BCUT2D eigenvalue weighted by Gasteiger charge is -2.21. The summed E-state index contributed by atoms with van der Waals surface area (Å²) in [5, 5.41) is 10.6. The molecule has 0 aromatic heterocycles. The van der Waals surface area contributed by atoms with Gasteiger partial charge in [0, 0.05) is 25.7 Å². The van der Waals surface area contributed by atoms with E-state index in [9.17, 15) is 43.2 Å². The van der Waals surface area contributed by atoms with Crippen molar-refractivity contribution in [3.8, 4) is 0 Å². The van der Waals surface area contributed by atoms with Gasteiger partial charge in [-0.05, 0) is 49.4 Å². The van der Waals surface area contributed by atoms with Crippen LogP contribution in [0.5, 0.6) is 0 Å². The largest absolute Gasteiger partial charge is 0.472 e. The highest BCUT2D eigenvalue weighted by Crippen LogP contribution is 2.45. The minimum absolute atomic E-state index is 0.106. The van der Waals surface area contributed by atoms with Gasteiger partial charge >= 0.3 is 39.5 Å². The second-order valence-corrected chi connectivity index (χ2v) is 33.9. The molecule has 600 valence electrons. The zero-order valence-corrected chi connectivity index (χ0v) is 68.3. The summed E-state index contributed by atoms with van der Waals surface area (Å²) >= 11 is 0. The van der Waals surface area contributed by atoms with Gasteiger partial charge in [-0.3, -0.25) is 37.3 Å². The fraction of sp³-hybridized carbons (Fsp3) is 0.951. The number of hydrogen-bond acceptors (Lipinski definition) is 15. The van der Waals surface area contributed by atoms with Crippen LogP contribution >= 0.6 is 15.6 Å². The van der Waals surface area contributed by atoms with E-state index in [1.807, 2.05) is 0 Å². The quantitative estimate of drug-likeness (QED) is 0.0222. The molecule has 0 amide bonds. The van der Waals surface area contributed by atoms with Crippen molar-refractivity contribution in [1.82, 2.24) is 0 Å². The van der Waals surface area contributed by atoms with Crippen LogP contribution < -0.4 is 0 Å². The van der Waals surface area contributed by atoms with E-state index in [1.54, 1.807) is 0 Å². The van der Waals surface area contributed by atoms with E-state index in [4.69, 9.17) is 37.0 Å². The van der Waals surface area contributed by atoms with Crippen LogP contribution in [-0.4, -0.2) is 96.7 Å². The molecular formula is C82H160O17P2. The van der Waals surface area contributed by atoms with Gasteiger partial charge in [0.25, 0.3) is 0 Å². The fourth-order valence-electron chi connectivity index (χ4n) is 12.5. The van der Waals surface area contributed by atoms with E-state index in [-0.39, 0.29) is 25.7 Å². The van der Waals surface area contributed by atoms with Crippen molar-refractivity contribution in [3.63, 3.8) is 0 Å². The Bertz CT molecular complexity index is 1980. The predicted molar refractivity (Wildman–Crippen MR) is 414 cm³/mol. The van der Waals surface area contributed by atoms with Crippen LogP contribution in [0.3, 0.4) is 0 Å². The van der Waals surface area contributed by atoms with Gasteiger partial charge < -0.3 is 33.8 Å². The van der Waals surface area contributed by atoms with E-state index >= 15 is 0 Å². The van der Waals surface area contributed by atoms with Gasteiger partial charge in [0.1, 0.15) is 19.3 Å². The van der Waals surface area contributed by atoms with Gasteiger partial charge in [-0.15, -0.1) is 0 Å². The molecule has 0 spiro atoms. The van der Waals surface area contributed by atoms with E-state index < -0.39 is 97.5 Å². The molecule has 0 aliphatic carbocycles. The second kappa shape index (κ2) is 71.0. The van der Waals surface area contributed by atoms with Gasteiger partial charge in [0.2, 0.25) is 0 Å². The molecule has 7 atom stereocenters. The Balaban J connectivity index is 5.25. The zero-order valence-electron chi connectivity index (χ0n) is 66.5. The molecule has 0 fully saturated rings. The molecule has 0 radical (unpaired) electrons. The van der Waals surface area contributed by atoms with Crippen LogP contribution in [0.4, 0.5) is 0 Å². The minimum atomic E-state index is -4.96. The molecule has 0 aromatic carbocycles. The Kier molecular flexibility index (Phi) is 69.6. The van der Waals surface area contributed by atoms with Crippen molar-refractivity contribution in [2.24, 2.45) is 23.7 Å². The summed E-state index contributed by atoms with van der Waals surface area (Å²) in [6.07, 6.45) is 58.2. The number of carbonyl (C=O) groups is 4. The van der Waals surface area contributed by atoms with E-state index in [0.717, 1.165) is 120 Å². The third kappa shape index (κ3) is 73.4. The van der Waals surface area contributed by atoms with E-state index in [0.29, 0.717) is 25.7 Å². The zero-order chi connectivity index (χ0) is 74.6. The first-order valence-corrected chi connectivity index (χ1v) is 45.3. The molecule has 4 unspecified atom stereocenters. The van der Waals surface area contributed by atoms with Crippen molar-refractivity contribution in [2.75, 3.05) is 39.6 Å². The van der Waals surface area contributed by atoms with Gasteiger partial charge in [0.15, 0.2) is 12.2 Å². The van der Waals surface area contributed by atoms with Gasteiger partial charge in [0.05, 0.1) is 26.4 Å². The average Bonchev–Trinajstić information content (AvgIpc) is 1.05. The fourth-order valence-corrected chi connectivity index (χ4v) is 14.1. The third-order valence-electron chi connectivity index (χ3n) is 19.8. The van der Waals surface area contributed by atoms with Crippen LogP contribution in [0.15, 0.2) is 0 Å². The molecule has 0 bridgehead atoms. The van der Waals surface area contributed by atoms with Crippen LogP contribution in [-0.2, 0) is 65.4 Å². The summed E-state index contributed by atoms with van der Waals surface area (Å²) in [6.45, 7) is 14.3. The second-order valence-electron chi connectivity index (χ2n) is 31.0. The number of ether oxygens (including phenoxy) is 4. The van der Waals surface area contributed by atoms with Crippen LogP contribution in [0.25, 0.3) is 0 Å². The molecule has 0 saturated carbocycles. The van der Waals surface area contributed by atoms with E-state index in [1.165, 1.54) is 218 Å². The number of rotatable bonds is 79. The molecule has 0 aliphatic heterocycles. The lowest BCUT2D eigenvalue weighted by Crippen LogP contribution is -2.30. The van der Waals surface area contributed by atoms with Crippen LogP contribution in [0, 0.1) is 23.7 Å². The van der Waals surface area contributed by atoms with Crippen LogP contribution in [0.1, 0.15) is 421 Å². The van der Waals surface area contributed by atoms with Crippen molar-refractivity contribution >= 4 is 39.5 Å². The molecule has 17 nitrogen and oxygen atoms in total. The molecule has 0 heterocycles. The molecule has 0 aromatic rings. The number of phosphoric ester groups is 2. The third-order valence-corrected chi connectivity index (χ3v) is 21.7. The van der Waals surface area contributed by atoms with Crippen molar-refractivity contribution in [2.45, 2.75) is 440 Å². The first-order chi connectivity index (χ1) is 48.7. The first-order valence-electron chi connectivity index (χ1n) is 42.3. The summed E-state index contributed by atoms with van der Waals surface area (Å²) in [5.41, 5.74) is 0. The maximum absolute atomic E-state index is 13.1. The van der Waals surface area contributed by atoms with Crippen molar-refractivity contribution < 1.29 is 80.2 Å². The SMILES string of the molecule is CCC(C)CCCCCCCCCCCCCCCCC(=O)OC[C@H](COP(=O)(O)OC[C@@H](O)COP(=O)(O)OC[C@@H](COC(=O)CCCCCCCCC(C)CC)OC(=O)CCCCCCCCCCCCCCC(C)C)OC(=O)CCCCCCCCCCCCCCCCCC(C)C. The summed E-state index contributed by atoms with van der Waals surface area (Å²) in [5.74, 6) is 1.05. The number of esters is 4. The topological polar surface area (TPSA) is 237 Å². The van der Waals surface area contributed by atoms with Gasteiger partial charge in [-0.1, -0.05) is 370 Å². The molecule has 0 rings (SSSR count). The average molecular weight is 1480 g/mol. The smallest absolute Gasteiger partial charge is 0.462 e. The number of aliphatic hydroxyl groups excluding tert-OH is 1. The Morgan fingerprint density at radius 2 is 0.475 bits per heavy atom. The molecule has 101 heavy (non-hydrogen) atoms. The molecule has 3 N–H and O–H groups in total. The molecular weight excluding hydrogens is 1320 g/mol. The number of aliphatic hydroxyl groups is 1. The minimum Gasteiger partial charge on any atom is -0.462 e. The molecule has 0 saturated heterocycles. The lowest BCUT2D eigenvalue weighted by atomic mass is 9.99. The molecule has 19 heteroatoms. The Hall–Kier alpha value is -1.94. The molecule has 0 aliphatic rings. The summed E-state index contributed by atoms with van der Waals surface area (Å²) in [4.78, 5) is 73.1. The summed E-state index contributed by atoms with van der Waals surface area (Å²) in [7, 11) is -9.92. The van der Waals surface area contributed by atoms with E-state index in [2.05, 4.69) is 55.4 Å². The van der Waals surface area contributed by atoms with Crippen LogP contribution in [0.2, 0.25) is 0 Å². The summed E-state index contributed by atoms with van der Waals surface area (Å²) in [6, 6.07) is 0. The number of unbranched alkanes of at least 4 members (excludes halogenated alkanes) is 43. The van der Waals surface area contributed by atoms with Gasteiger partial charge in [-0.2, -0.15) is 0 Å². The predicted octanol–water partition coefficient (Wildman–Crippen LogP) is 24.4. The highest BCUT2D eigenvalue weighted by molar-refractivity contribution is 7.47. The van der Waals surface area contributed by atoms with Crippen molar-refractivity contribution in [3.05, 3.63) is 0 Å². The van der Waals surface area contributed by atoms with Gasteiger partial charge in [-0.25, -0.2) is 9.13 Å². The Morgan fingerprint density at radius 3 is 0.703 bits per heavy atom. The number of hydrogen-bond donors (Lipinski definition) is 3.